The van der Waals surface area contributed by atoms with Crippen LogP contribution in [0, 0.1) is 6.92 Å². The summed E-state index contributed by atoms with van der Waals surface area (Å²) in [6.07, 6.45) is 1.88. The van der Waals surface area contributed by atoms with E-state index >= 15 is 0 Å². The first-order valence-corrected chi connectivity index (χ1v) is 7.10. The monoisotopic (exact) mass is 290 g/mol. The lowest BCUT2D eigenvalue weighted by Crippen LogP contribution is -2.12. The Morgan fingerprint density at radius 3 is 2.75 bits per heavy atom. The molecule has 0 aliphatic carbocycles. The molecule has 106 valence electrons. The second-order valence-electron chi connectivity index (χ2n) is 4.64. The standard InChI is InChI=1S/C16H19ClN2O/c1-3-18-9-13-4-5-14(19-10-13)11-20-15-6-7-16(17)12(2)8-15/h4-8,10,18H,3,9,11H2,1-2H3. The highest BCUT2D eigenvalue weighted by Gasteiger charge is 2.01. The zero-order valence-electron chi connectivity index (χ0n) is 11.8. The summed E-state index contributed by atoms with van der Waals surface area (Å²) in [5.41, 5.74) is 3.11. The van der Waals surface area contributed by atoms with Gasteiger partial charge in [0.2, 0.25) is 0 Å². The first-order chi connectivity index (χ1) is 9.69. The molecule has 0 aliphatic heterocycles. The third kappa shape index (κ3) is 4.22. The minimum atomic E-state index is 0.461. The maximum absolute atomic E-state index is 5.98. The molecule has 1 N–H and O–H groups in total. The molecule has 0 saturated heterocycles. The quantitative estimate of drug-likeness (QED) is 0.880. The Labute approximate surface area is 124 Å². The van der Waals surface area contributed by atoms with E-state index in [0.717, 1.165) is 35.1 Å². The number of aromatic nitrogens is 1. The van der Waals surface area contributed by atoms with E-state index in [1.54, 1.807) is 0 Å². The number of hydrogen-bond donors (Lipinski definition) is 1. The average Bonchev–Trinajstić information content (AvgIpc) is 2.47. The molecule has 1 aromatic heterocycles. The number of ether oxygens (including phenoxy) is 1. The van der Waals surface area contributed by atoms with Crippen molar-refractivity contribution in [3.8, 4) is 5.75 Å². The summed E-state index contributed by atoms with van der Waals surface area (Å²) >= 11 is 5.98. The van der Waals surface area contributed by atoms with E-state index in [-0.39, 0.29) is 0 Å². The molecular formula is C16H19ClN2O. The Morgan fingerprint density at radius 2 is 2.10 bits per heavy atom. The molecular weight excluding hydrogens is 272 g/mol. The number of benzene rings is 1. The number of rotatable bonds is 6. The van der Waals surface area contributed by atoms with Crippen LogP contribution in [0.3, 0.4) is 0 Å². The second-order valence-corrected chi connectivity index (χ2v) is 5.04. The van der Waals surface area contributed by atoms with Crippen LogP contribution in [-0.2, 0) is 13.2 Å². The van der Waals surface area contributed by atoms with Crippen molar-refractivity contribution >= 4 is 11.6 Å². The highest BCUT2D eigenvalue weighted by atomic mass is 35.5. The second kappa shape index (κ2) is 7.27. The first kappa shape index (κ1) is 14.8. The van der Waals surface area contributed by atoms with Crippen LogP contribution < -0.4 is 10.1 Å². The topological polar surface area (TPSA) is 34.1 Å². The van der Waals surface area contributed by atoms with Gasteiger partial charge in [0.05, 0.1) is 5.69 Å². The fourth-order valence-electron chi connectivity index (χ4n) is 1.78. The van der Waals surface area contributed by atoms with E-state index in [4.69, 9.17) is 16.3 Å². The summed E-state index contributed by atoms with van der Waals surface area (Å²) in [6, 6.07) is 9.72. The fourth-order valence-corrected chi connectivity index (χ4v) is 1.90. The van der Waals surface area contributed by atoms with Crippen molar-refractivity contribution < 1.29 is 4.74 Å². The van der Waals surface area contributed by atoms with Crippen molar-refractivity contribution in [2.75, 3.05) is 6.54 Å². The van der Waals surface area contributed by atoms with E-state index in [2.05, 4.69) is 23.3 Å². The summed E-state index contributed by atoms with van der Waals surface area (Å²) in [7, 11) is 0. The summed E-state index contributed by atoms with van der Waals surface area (Å²) in [5.74, 6) is 0.811. The maximum atomic E-state index is 5.98. The molecule has 1 heterocycles. The third-order valence-electron chi connectivity index (χ3n) is 2.98. The van der Waals surface area contributed by atoms with Crippen molar-refractivity contribution in [1.82, 2.24) is 10.3 Å². The minimum Gasteiger partial charge on any atom is -0.487 e. The van der Waals surface area contributed by atoms with Crippen LogP contribution in [-0.4, -0.2) is 11.5 Å². The number of halogens is 1. The van der Waals surface area contributed by atoms with Gasteiger partial charge < -0.3 is 10.1 Å². The summed E-state index contributed by atoms with van der Waals surface area (Å²) < 4.78 is 5.71. The zero-order chi connectivity index (χ0) is 14.4. The van der Waals surface area contributed by atoms with Gasteiger partial charge in [-0.15, -0.1) is 0 Å². The van der Waals surface area contributed by atoms with Gasteiger partial charge in [-0.25, -0.2) is 0 Å². The van der Waals surface area contributed by atoms with E-state index in [9.17, 15) is 0 Å². The van der Waals surface area contributed by atoms with Crippen LogP contribution in [0.2, 0.25) is 5.02 Å². The van der Waals surface area contributed by atoms with Gasteiger partial charge >= 0.3 is 0 Å². The van der Waals surface area contributed by atoms with Gasteiger partial charge in [-0.3, -0.25) is 4.98 Å². The summed E-state index contributed by atoms with van der Waals surface area (Å²) in [6.45, 7) is 6.32. The van der Waals surface area contributed by atoms with Crippen molar-refractivity contribution in [1.29, 1.82) is 0 Å². The maximum Gasteiger partial charge on any atom is 0.130 e. The molecule has 0 bridgehead atoms. The number of nitrogens with zero attached hydrogens (tertiary/aromatic N) is 1. The SMILES string of the molecule is CCNCc1ccc(COc2ccc(Cl)c(C)c2)nc1. The smallest absolute Gasteiger partial charge is 0.130 e. The molecule has 20 heavy (non-hydrogen) atoms. The minimum absolute atomic E-state index is 0.461. The van der Waals surface area contributed by atoms with Gasteiger partial charge in [-0.05, 0) is 48.9 Å². The normalized spacial score (nSPS) is 10.6. The molecule has 2 aromatic rings. The number of nitrogens with one attached hydrogen (secondary N) is 1. The largest absolute Gasteiger partial charge is 0.487 e. The van der Waals surface area contributed by atoms with Crippen LogP contribution in [0.15, 0.2) is 36.5 Å². The van der Waals surface area contributed by atoms with Gasteiger partial charge in [-0.1, -0.05) is 24.6 Å². The lowest BCUT2D eigenvalue weighted by molar-refractivity contribution is 0.301. The van der Waals surface area contributed by atoms with Gasteiger partial charge in [0.1, 0.15) is 12.4 Å². The van der Waals surface area contributed by atoms with Crippen molar-refractivity contribution in [3.63, 3.8) is 0 Å². The molecule has 2 rings (SSSR count). The third-order valence-corrected chi connectivity index (χ3v) is 3.41. The van der Waals surface area contributed by atoms with Crippen molar-refractivity contribution in [2.24, 2.45) is 0 Å². The Balaban J connectivity index is 1.91. The average molecular weight is 291 g/mol. The van der Waals surface area contributed by atoms with E-state index in [1.807, 2.05) is 37.4 Å². The Hall–Kier alpha value is -1.58. The molecule has 1 aromatic carbocycles. The summed E-state index contributed by atoms with van der Waals surface area (Å²) in [5, 5.41) is 4.02. The van der Waals surface area contributed by atoms with Gasteiger partial charge in [-0.2, -0.15) is 0 Å². The predicted octanol–water partition coefficient (Wildman–Crippen LogP) is 3.73. The molecule has 0 radical (unpaired) electrons. The van der Waals surface area contributed by atoms with Crippen molar-refractivity contribution in [2.45, 2.75) is 27.0 Å². The van der Waals surface area contributed by atoms with Crippen LogP contribution in [0.4, 0.5) is 0 Å². The van der Waals surface area contributed by atoms with E-state index in [1.165, 1.54) is 5.56 Å². The lowest BCUT2D eigenvalue weighted by atomic mass is 10.2. The predicted molar refractivity (Wildman–Crippen MR) is 82.1 cm³/mol. The Bertz CT molecular complexity index is 555. The highest BCUT2D eigenvalue weighted by molar-refractivity contribution is 6.31. The Kier molecular flexibility index (Phi) is 5.39. The molecule has 3 nitrogen and oxygen atoms in total. The number of aryl methyl sites for hydroxylation is 1. The number of pyridine rings is 1. The molecule has 0 atom stereocenters. The van der Waals surface area contributed by atoms with Crippen LogP contribution in [0.1, 0.15) is 23.7 Å². The number of hydrogen-bond acceptors (Lipinski definition) is 3. The molecule has 0 aliphatic rings. The molecule has 4 heteroatoms. The summed E-state index contributed by atoms with van der Waals surface area (Å²) in [4.78, 5) is 4.40. The van der Waals surface area contributed by atoms with Crippen molar-refractivity contribution in [3.05, 3.63) is 58.4 Å². The van der Waals surface area contributed by atoms with Crippen LogP contribution in [0.25, 0.3) is 0 Å². The van der Waals surface area contributed by atoms with E-state index in [0.29, 0.717) is 6.61 Å². The molecule has 0 spiro atoms. The van der Waals surface area contributed by atoms with Gasteiger partial charge in [0.15, 0.2) is 0 Å². The molecule has 0 fully saturated rings. The molecule has 0 saturated carbocycles. The fraction of sp³-hybridized carbons (Fsp3) is 0.312. The highest BCUT2D eigenvalue weighted by Crippen LogP contribution is 2.21. The van der Waals surface area contributed by atoms with E-state index < -0.39 is 0 Å². The first-order valence-electron chi connectivity index (χ1n) is 6.72. The zero-order valence-corrected chi connectivity index (χ0v) is 12.6. The van der Waals surface area contributed by atoms with Crippen LogP contribution in [0.5, 0.6) is 5.75 Å². The Morgan fingerprint density at radius 1 is 1.25 bits per heavy atom. The van der Waals surface area contributed by atoms with Gasteiger partial charge in [0, 0.05) is 17.8 Å². The molecule has 0 unspecified atom stereocenters. The van der Waals surface area contributed by atoms with Crippen LogP contribution >= 0.6 is 11.6 Å². The lowest BCUT2D eigenvalue weighted by Gasteiger charge is -2.08. The van der Waals surface area contributed by atoms with Gasteiger partial charge in [0.25, 0.3) is 0 Å². The molecule has 0 amide bonds.